The van der Waals surface area contributed by atoms with Crippen molar-refractivity contribution in [1.82, 2.24) is 10.6 Å². The molecule has 8 heteroatoms. The van der Waals surface area contributed by atoms with Gasteiger partial charge in [-0.15, -0.1) is 0 Å². The van der Waals surface area contributed by atoms with E-state index < -0.39 is 29.7 Å². The van der Waals surface area contributed by atoms with Gasteiger partial charge in [0.2, 0.25) is 5.78 Å². The van der Waals surface area contributed by atoms with Gasteiger partial charge in [-0.3, -0.25) is 9.59 Å². The van der Waals surface area contributed by atoms with Gasteiger partial charge < -0.3 is 25.6 Å². The van der Waals surface area contributed by atoms with Crippen LogP contribution >= 0.6 is 0 Å². The van der Waals surface area contributed by atoms with Crippen molar-refractivity contribution in [2.24, 2.45) is 5.92 Å². The molecule has 2 aromatic rings. The van der Waals surface area contributed by atoms with E-state index in [1.165, 1.54) is 44.5 Å². The molecule has 2 aromatic carbocycles. The molecule has 0 bridgehead atoms. The van der Waals surface area contributed by atoms with Gasteiger partial charge in [0.25, 0.3) is 0 Å². The molecule has 1 aliphatic carbocycles. The van der Waals surface area contributed by atoms with Crippen molar-refractivity contribution in [2.45, 2.75) is 84.4 Å². The molecule has 0 spiro atoms. The molecule has 2 atom stereocenters. The Balaban J connectivity index is 1.64. The average Bonchev–Trinajstić information content (AvgIpc) is 3.36. The zero-order valence-corrected chi connectivity index (χ0v) is 28.3. The fourth-order valence-electron chi connectivity index (χ4n) is 5.86. The number of ketones is 2. The number of aliphatic hydroxyl groups excluding tert-OH is 2. The van der Waals surface area contributed by atoms with Gasteiger partial charge >= 0.3 is 5.97 Å². The van der Waals surface area contributed by atoms with Gasteiger partial charge in [0.05, 0.1) is 0 Å². The van der Waals surface area contributed by atoms with E-state index in [9.17, 15) is 24.6 Å². The van der Waals surface area contributed by atoms with Crippen molar-refractivity contribution in [2.75, 3.05) is 6.61 Å². The second-order valence-corrected chi connectivity index (χ2v) is 12.7. The predicted octanol–water partition coefficient (Wildman–Crippen LogP) is 6.85. The summed E-state index contributed by atoms with van der Waals surface area (Å²) in [6.07, 6.45) is 13.0. The van der Waals surface area contributed by atoms with E-state index in [1.54, 1.807) is 6.08 Å². The molecule has 1 fully saturated rings. The Hall–Kier alpha value is -4.69. The molecule has 0 aromatic heterocycles. The molecule has 8 nitrogen and oxygen atoms in total. The van der Waals surface area contributed by atoms with Crippen LogP contribution in [0.15, 0.2) is 119 Å². The van der Waals surface area contributed by atoms with Gasteiger partial charge in [-0.25, -0.2) is 4.79 Å². The summed E-state index contributed by atoms with van der Waals surface area (Å²) in [6.45, 7) is 6.19. The molecule has 1 unspecified atom stereocenters. The van der Waals surface area contributed by atoms with Crippen LogP contribution in [0.1, 0.15) is 76.8 Å². The van der Waals surface area contributed by atoms with E-state index in [4.69, 9.17) is 4.74 Å². The molecular weight excluding hydrogens is 604 g/mol. The summed E-state index contributed by atoms with van der Waals surface area (Å²) in [5.74, 6) is -1.58. The van der Waals surface area contributed by atoms with E-state index in [1.807, 2.05) is 60.7 Å². The maximum Gasteiger partial charge on any atom is 0.343 e. The number of aliphatic hydroxyl groups is 2. The first kappa shape index (κ1) is 36.2. The Morgan fingerprint density at radius 1 is 0.958 bits per heavy atom. The normalized spacial score (nSPS) is 21.1. The second-order valence-electron chi connectivity index (χ2n) is 12.7. The van der Waals surface area contributed by atoms with Crippen LogP contribution < -0.4 is 10.6 Å². The van der Waals surface area contributed by atoms with Gasteiger partial charge in [0.15, 0.2) is 11.4 Å². The molecule has 1 aliphatic heterocycles. The maximum absolute atomic E-state index is 14.0. The molecule has 0 radical (unpaired) electrons. The number of fused-ring (bicyclic) bond motifs is 1. The number of allylic oxidation sites excluding steroid dienone is 4. The van der Waals surface area contributed by atoms with Crippen LogP contribution in [0.3, 0.4) is 0 Å². The Morgan fingerprint density at radius 2 is 1.60 bits per heavy atom. The van der Waals surface area contributed by atoms with E-state index in [0.717, 1.165) is 42.0 Å². The summed E-state index contributed by atoms with van der Waals surface area (Å²) in [7, 11) is 0. The molecule has 1 heterocycles. The largest absolute Gasteiger partial charge is 0.507 e. The zero-order chi connectivity index (χ0) is 34.5. The summed E-state index contributed by atoms with van der Waals surface area (Å²) in [6, 6.07) is 19.5. The first-order valence-electron chi connectivity index (χ1n) is 16.9. The highest BCUT2D eigenvalue weighted by Gasteiger charge is 2.55. The van der Waals surface area contributed by atoms with Crippen LogP contribution in [0.2, 0.25) is 0 Å². The summed E-state index contributed by atoms with van der Waals surface area (Å²) >= 11 is 0. The van der Waals surface area contributed by atoms with E-state index in [-0.39, 0.29) is 28.1 Å². The van der Waals surface area contributed by atoms with Crippen LogP contribution in [0.5, 0.6) is 0 Å². The molecule has 48 heavy (non-hydrogen) atoms. The van der Waals surface area contributed by atoms with Gasteiger partial charge in [0.1, 0.15) is 17.9 Å². The lowest BCUT2D eigenvalue weighted by Crippen LogP contribution is -2.41. The average molecular weight is 653 g/mol. The number of hydrogen-bond donors (Lipinski definition) is 4. The van der Waals surface area contributed by atoms with Crippen molar-refractivity contribution in [3.8, 4) is 0 Å². The van der Waals surface area contributed by atoms with Crippen LogP contribution in [0.25, 0.3) is 0 Å². The number of Topliss-reactive ketones (excluding diaryl/α,β-unsaturated/α-hetero) is 1. The standard InChI is InChI=1S/C40H48N2O6/c1-4-28(2)15-9-5-6-14-20-32(42-25-30-18-12-8-13-19-30)23-36(45)37-35-22-31(21-33(44)27-43)34(38(46)40(35,3)48-39(37)47)26-41-24-29-16-10-7-11-17-29/h7-8,10-13,16-19,21-23,26,28,41-43,45H,4-6,9,14-15,20,24-25,27H2,1-3H3/b31-21?,32-23-,34-26-,37-36?/t28?,40-/m1/s1. The number of benzene rings is 2. The van der Waals surface area contributed by atoms with Crippen LogP contribution in [0, 0.1) is 5.92 Å². The first-order chi connectivity index (χ1) is 23.2. The number of carbonyl (C=O) groups excluding carboxylic acids is 3. The Kier molecular flexibility index (Phi) is 13.1. The third-order valence-electron chi connectivity index (χ3n) is 8.96. The van der Waals surface area contributed by atoms with Crippen molar-refractivity contribution < 1.29 is 29.3 Å². The summed E-state index contributed by atoms with van der Waals surface area (Å²) in [4.78, 5) is 39.7. The Morgan fingerprint density at radius 3 is 2.25 bits per heavy atom. The third kappa shape index (κ3) is 9.44. The molecule has 254 valence electrons. The molecule has 0 saturated carbocycles. The SMILES string of the molecule is CCC(C)CCCCCC/C(=C/C(O)=C1C(=O)O[C@@]2(C)C(=O)/C(=C\NCc3ccccc3)C(=CC(=O)CO)C=C12)NCc1ccccc1. The lowest BCUT2D eigenvalue weighted by atomic mass is 9.76. The number of nitrogens with one attached hydrogen (secondary N) is 2. The number of ether oxygens (including phenoxy) is 1. The summed E-state index contributed by atoms with van der Waals surface area (Å²) < 4.78 is 5.68. The Labute approximate surface area is 284 Å². The monoisotopic (exact) mass is 652 g/mol. The fourth-order valence-corrected chi connectivity index (χ4v) is 5.86. The lowest BCUT2D eigenvalue weighted by molar-refractivity contribution is -0.151. The van der Waals surface area contributed by atoms with E-state index in [0.29, 0.717) is 19.5 Å². The van der Waals surface area contributed by atoms with Gasteiger partial charge in [-0.2, -0.15) is 0 Å². The number of unbranched alkanes of at least 4 members (excludes halogenated alkanes) is 3. The molecule has 2 aliphatic rings. The Bertz CT molecular complexity index is 1600. The van der Waals surface area contributed by atoms with Crippen molar-refractivity contribution >= 4 is 17.5 Å². The third-order valence-corrected chi connectivity index (χ3v) is 8.96. The van der Waals surface area contributed by atoms with Crippen LogP contribution in [-0.2, 0) is 32.2 Å². The highest BCUT2D eigenvalue weighted by Crippen LogP contribution is 2.45. The summed E-state index contributed by atoms with van der Waals surface area (Å²) in [5.41, 5.74) is 1.47. The van der Waals surface area contributed by atoms with Crippen molar-refractivity contribution in [3.05, 3.63) is 130 Å². The minimum atomic E-state index is -1.71. The second kappa shape index (κ2) is 17.5. The molecule has 0 amide bonds. The predicted molar refractivity (Wildman–Crippen MR) is 187 cm³/mol. The quantitative estimate of drug-likeness (QED) is 0.0634. The van der Waals surface area contributed by atoms with Gasteiger partial charge in [0, 0.05) is 36.1 Å². The fraction of sp³-hybridized carbons (Fsp3) is 0.375. The number of hydrogen-bond acceptors (Lipinski definition) is 8. The number of carbonyl (C=O) groups is 3. The number of rotatable bonds is 17. The van der Waals surface area contributed by atoms with Crippen LogP contribution in [0.4, 0.5) is 0 Å². The topological polar surface area (TPSA) is 125 Å². The minimum Gasteiger partial charge on any atom is -0.507 e. The highest BCUT2D eigenvalue weighted by molar-refractivity contribution is 6.17. The number of esters is 1. The molecule has 4 N–H and O–H groups in total. The highest BCUT2D eigenvalue weighted by atomic mass is 16.6. The minimum absolute atomic E-state index is 0.126. The lowest BCUT2D eigenvalue weighted by Gasteiger charge is -2.29. The van der Waals surface area contributed by atoms with E-state index >= 15 is 0 Å². The first-order valence-corrected chi connectivity index (χ1v) is 16.9. The molecular formula is C40H48N2O6. The van der Waals surface area contributed by atoms with Gasteiger partial charge in [-0.1, -0.05) is 107 Å². The van der Waals surface area contributed by atoms with Gasteiger partial charge in [-0.05, 0) is 60.6 Å². The zero-order valence-electron chi connectivity index (χ0n) is 28.3. The maximum atomic E-state index is 14.0. The molecule has 1 saturated heterocycles. The smallest absolute Gasteiger partial charge is 0.343 e. The summed E-state index contributed by atoms with van der Waals surface area (Å²) in [5, 5.41) is 27.5. The van der Waals surface area contributed by atoms with Crippen molar-refractivity contribution in [1.29, 1.82) is 0 Å². The van der Waals surface area contributed by atoms with E-state index in [2.05, 4.69) is 24.5 Å². The van der Waals surface area contributed by atoms with Crippen molar-refractivity contribution in [3.63, 3.8) is 0 Å². The van der Waals surface area contributed by atoms with Crippen LogP contribution in [-0.4, -0.2) is 40.0 Å². The molecule has 4 rings (SSSR count).